The van der Waals surface area contributed by atoms with Crippen molar-refractivity contribution in [3.8, 4) is 0 Å². The van der Waals surface area contributed by atoms with Crippen LogP contribution in [0.25, 0.3) is 0 Å². The minimum Gasteiger partial charge on any atom is -0.291 e. The minimum absolute atomic E-state index is 0.0843. The predicted molar refractivity (Wildman–Crippen MR) is 130 cm³/mol. The average Bonchev–Trinajstić information content (AvgIpc) is 3.27. The Labute approximate surface area is 189 Å². The summed E-state index contributed by atoms with van der Waals surface area (Å²) < 4.78 is 13.8. The van der Waals surface area contributed by atoms with Crippen molar-refractivity contribution in [1.82, 2.24) is 5.32 Å². The van der Waals surface area contributed by atoms with Gasteiger partial charge in [0.15, 0.2) is 0 Å². The summed E-state index contributed by atoms with van der Waals surface area (Å²) in [6, 6.07) is 28.5. The van der Waals surface area contributed by atoms with E-state index in [1.54, 1.807) is 6.07 Å². The summed E-state index contributed by atoms with van der Waals surface area (Å²) in [6.45, 7) is 0.518. The van der Waals surface area contributed by atoms with Crippen LogP contribution in [0.3, 0.4) is 0 Å². The van der Waals surface area contributed by atoms with E-state index in [1.165, 1.54) is 28.7 Å². The average molecular weight is 433 g/mol. The monoisotopic (exact) mass is 432 g/mol. The van der Waals surface area contributed by atoms with Crippen molar-refractivity contribution in [2.24, 2.45) is 4.99 Å². The van der Waals surface area contributed by atoms with Crippen LogP contribution in [0.2, 0.25) is 0 Å². The summed E-state index contributed by atoms with van der Waals surface area (Å²) in [4.78, 5) is 4.81. The van der Waals surface area contributed by atoms with E-state index < -0.39 is 0 Å². The highest BCUT2D eigenvalue weighted by molar-refractivity contribution is 8.14. The maximum Gasteiger partial charge on any atom is 0.127 e. The Balaban J connectivity index is 1.26. The Morgan fingerprint density at radius 2 is 1.52 bits per heavy atom. The molecule has 0 radical (unpaired) electrons. The number of halogens is 1. The second-order valence-corrected chi connectivity index (χ2v) is 9.03. The Bertz CT molecular complexity index is 935. The Hall–Kier alpha value is -2.43. The summed E-state index contributed by atoms with van der Waals surface area (Å²) in [5.41, 5.74) is 3.47. The molecule has 1 unspecified atom stereocenters. The molecule has 160 valence electrons. The van der Waals surface area contributed by atoms with Crippen LogP contribution >= 0.6 is 11.8 Å². The molecular formula is C27H29FN2S. The van der Waals surface area contributed by atoms with Gasteiger partial charge in [0, 0.05) is 23.8 Å². The molecule has 4 rings (SSSR count). The third-order valence-corrected chi connectivity index (χ3v) is 6.86. The van der Waals surface area contributed by atoms with Gasteiger partial charge in [-0.25, -0.2) is 4.39 Å². The van der Waals surface area contributed by atoms with Crippen LogP contribution in [-0.2, 0) is 6.54 Å². The lowest BCUT2D eigenvalue weighted by Gasteiger charge is -2.18. The summed E-state index contributed by atoms with van der Waals surface area (Å²) in [5, 5.41) is 4.60. The second-order valence-electron chi connectivity index (χ2n) is 7.94. The first kappa shape index (κ1) is 21.8. The summed E-state index contributed by atoms with van der Waals surface area (Å²) in [7, 11) is 0. The number of nitrogens with zero attached hydrogens (tertiary/aromatic N) is 1. The van der Waals surface area contributed by atoms with Crippen LogP contribution in [0.15, 0.2) is 89.9 Å². The number of benzene rings is 3. The zero-order chi connectivity index (χ0) is 21.3. The van der Waals surface area contributed by atoms with E-state index in [-0.39, 0.29) is 12.0 Å². The molecule has 0 bridgehead atoms. The van der Waals surface area contributed by atoms with Gasteiger partial charge >= 0.3 is 0 Å². The molecule has 1 N–H and O–H groups in total. The molecule has 31 heavy (non-hydrogen) atoms. The standard InChI is InChI=1S/C27H29FN2S/c28-25-17-9-7-15-23(25)19-29-26-20-31-27(30-26)18-10-8-16-24(21-11-3-1-4-12-21)22-13-5-2-6-14-22/h1-7,9,11-15,17,24,26,29H,8,10,16,18-20H2. The third kappa shape index (κ3) is 6.28. The second kappa shape index (κ2) is 11.3. The third-order valence-electron chi connectivity index (χ3n) is 5.73. The fourth-order valence-corrected chi connectivity index (χ4v) is 5.09. The van der Waals surface area contributed by atoms with Gasteiger partial charge in [-0.05, 0) is 36.5 Å². The van der Waals surface area contributed by atoms with Gasteiger partial charge in [0.2, 0.25) is 0 Å². The summed E-state index contributed by atoms with van der Waals surface area (Å²) in [6.07, 6.45) is 4.56. The zero-order valence-electron chi connectivity index (χ0n) is 17.7. The highest BCUT2D eigenvalue weighted by atomic mass is 32.2. The highest BCUT2D eigenvalue weighted by Gasteiger charge is 2.18. The smallest absolute Gasteiger partial charge is 0.127 e. The van der Waals surface area contributed by atoms with Gasteiger partial charge in [-0.3, -0.25) is 10.3 Å². The molecular weight excluding hydrogens is 403 g/mol. The summed E-state index contributed by atoms with van der Waals surface area (Å²) in [5.74, 6) is 1.22. The van der Waals surface area contributed by atoms with Gasteiger partial charge in [0.25, 0.3) is 0 Å². The largest absolute Gasteiger partial charge is 0.291 e. The van der Waals surface area contributed by atoms with Crippen LogP contribution in [0, 0.1) is 5.82 Å². The van der Waals surface area contributed by atoms with Crippen LogP contribution in [0.5, 0.6) is 0 Å². The first-order valence-corrected chi connectivity index (χ1v) is 12.0. The molecule has 1 heterocycles. The van der Waals surface area contributed by atoms with Gasteiger partial charge in [-0.15, -0.1) is 11.8 Å². The van der Waals surface area contributed by atoms with Crippen LogP contribution in [0.4, 0.5) is 4.39 Å². The number of hydrogen-bond donors (Lipinski definition) is 1. The minimum atomic E-state index is -0.156. The zero-order valence-corrected chi connectivity index (χ0v) is 18.5. The molecule has 2 nitrogen and oxygen atoms in total. The topological polar surface area (TPSA) is 24.4 Å². The van der Waals surface area contributed by atoms with Crippen LogP contribution in [0.1, 0.15) is 48.3 Å². The Kier molecular flexibility index (Phi) is 7.92. The van der Waals surface area contributed by atoms with Gasteiger partial charge in [-0.2, -0.15) is 0 Å². The van der Waals surface area contributed by atoms with E-state index >= 15 is 0 Å². The van der Waals surface area contributed by atoms with E-state index in [0.717, 1.165) is 25.0 Å². The maximum atomic E-state index is 13.8. The van der Waals surface area contributed by atoms with Gasteiger partial charge < -0.3 is 0 Å². The van der Waals surface area contributed by atoms with Gasteiger partial charge in [0.1, 0.15) is 12.0 Å². The van der Waals surface area contributed by atoms with Crippen molar-refractivity contribution in [1.29, 1.82) is 0 Å². The molecule has 0 spiro atoms. The molecule has 0 amide bonds. The molecule has 0 saturated carbocycles. The first-order valence-electron chi connectivity index (χ1n) is 11.1. The molecule has 3 aromatic rings. The van der Waals surface area contributed by atoms with Gasteiger partial charge in [-0.1, -0.05) is 85.3 Å². The van der Waals surface area contributed by atoms with Crippen molar-refractivity contribution in [2.45, 2.75) is 44.3 Å². The quantitative estimate of drug-likeness (QED) is 0.357. The fourth-order valence-electron chi connectivity index (χ4n) is 4.06. The molecule has 1 aliphatic heterocycles. The number of rotatable bonds is 10. The van der Waals surface area contributed by atoms with E-state index in [9.17, 15) is 4.39 Å². The molecule has 3 aromatic carbocycles. The molecule has 4 heteroatoms. The SMILES string of the molecule is Fc1ccccc1CNC1CSC(CCCCC(c2ccccc2)c2ccccc2)=N1. The number of aliphatic imine (C=N–C) groups is 1. The van der Waals surface area contributed by atoms with E-state index in [1.807, 2.05) is 23.9 Å². The Morgan fingerprint density at radius 1 is 0.871 bits per heavy atom. The lowest BCUT2D eigenvalue weighted by Crippen LogP contribution is -2.27. The molecule has 0 aromatic heterocycles. The summed E-state index contributed by atoms with van der Waals surface area (Å²) >= 11 is 1.84. The highest BCUT2D eigenvalue weighted by Crippen LogP contribution is 2.30. The number of unbranched alkanes of at least 4 members (excludes halogenated alkanes) is 1. The van der Waals surface area contributed by atoms with E-state index in [2.05, 4.69) is 66.0 Å². The molecule has 1 aliphatic rings. The van der Waals surface area contributed by atoms with Crippen molar-refractivity contribution in [2.75, 3.05) is 5.75 Å². The Morgan fingerprint density at radius 3 is 2.19 bits per heavy atom. The molecule has 1 atom stereocenters. The first-order chi connectivity index (χ1) is 15.3. The van der Waals surface area contributed by atoms with Crippen molar-refractivity contribution in [3.63, 3.8) is 0 Å². The normalized spacial score (nSPS) is 15.9. The maximum absolute atomic E-state index is 13.8. The lowest BCUT2D eigenvalue weighted by atomic mass is 9.87. The van der Waals surface area contributed by atoms with Crippen molar-refractivity contribution in [3.05, 3.63) is 107 Å². The van der Waals surface area contributed by atoms with Crippen molar-refractivity contribution >= 4 is 16.8 Å². The van der Waals surface area contributed by atoms with Crippen LogP contribution in [-0.4, -0.2) is 17.0 Å². The van der Waals surface area contributed by atoms with E-state index in [0.29, 0.717) is 18.0 Å². The van der Waals surface area contributed by atoms with E-state index in [4.69, 9.17) is 4.99 Å². The van der Waals surface area contributed by atoms with Crippen LogP contribution < -0.4 is 5.32 Å². The lowest BCUT2D eigenvalue weighted by molar-refractivity contribution is 0.549. The number of nitrogens with one attached hydrogen (secondary N) is 1. The molecule has 0 saturated heterocycles. The molecule has 0 aliphatic carbocycles. The van der Waals surface area contributed by atoms with Gasteiger partial charge in [0.05, 0.1) is 5.04 Å². The predicted octanol–water partition coefficient (Wildman–Crippen LogP) is 6.78. The fraction of sp³-hybridized carbons (Fsp3) is 0.296. The molecule has 0 fully saturated rings. The van der Waals surface area contributed by atoms with Crippen molar-refractivity contribution < 1.29 is 4.39 Å². The number of hydrogen-bond acceptors (Lipinski definition) is 3. The number of thioether (sulfide) groups is 1.